The number of ether oxygens (including phenoxy) is 1. The molecule has 5 aliphatic heterocycles. The Kier molecular flexibility index (Phi) is 12.5. The number of nitrogens with one attached hydrogen (secondary N) is 3. The quantitative estimate of drug-likeness (QED) is 0.133. The smallest absolute Gasteiger partial charge is 0.324 e. The third-order valence-electron chi connectivity index (χ3n) is 14.5. The first-order valence-corrected chi connectivity index (χ1v) is 24.3. The molecule has 0 aliphatic carbocycles. The van der Waals surface area contributed by atoms with Gasteiger partial charge in [-0.3, -0.25) is 34.0 Å². The Hall–Kier alpha value is -5.80. The van der Waals surface area contributed by atoms with E-state index in [-0.39, 0.29) is 48.5 Å². The van der Waals surface area contributed by atoms with Crippen LogP contribution in [0.1, 0.15) is 96.9 Å². The van der Waals surface area contributed by atoms with Crippen molar-refractivity contribution in [2.45, 2.75) is 124 Å². The minimum atomic E-state index is -1.13. The van der Waals surface area contributed by atoms with E-state index < -0.39 is 46.7 Å². The second-order valence-electron chi connectivity index (χ2n) is 21.0. The average molecular weight is 915 g/mol. The normalized spacial score (nSPS) is 23.3. The van der Waals surface area contributed by atoms with Crippen molar-refractivity contribution in [2.24, 2.45) is 16.7 Å². The number of likely N-dealkylation sites (tertiary alicyclic amines) is 2. The SMILES string of the molecule is CCn1c(-c2cccnc2C(C)C)c2c3cc(ccc31)-c1cc(O)cc(c1)C[C@H](NC(=O)[C@H](C(C)C)N1CCCC3(CN(C(=O)[C@H]4CN4)C3)C1=O)C(=O)N1CCC[C@H](N1)C(=O)OCC(C)(C)C2. The van der Waals surface area contributed by atoms with Gasteiger partial charge in [0.15, 0.2) is 0 Å². The van der Waals surface area contributed by atoms with Crippen molar-refractivity contribution < 1.29 is 33.8 Å². The van der Waals surface area contributed by atoms with Crippen molar-refractivity contribution in [3.63, 3.8) is 0 Å². The number of aryl methyl sites for hydroxylation is 1. The summed E-state index contributed by atoms with van der Waals surface area (Å²) in [6.07, 6.45) is 4.76. The van der Waals surface area contributed by atoms with Gasteiger partial charge in [0.25, 0.3) is 5.91 Å². The van der Waals surface area contributed by atoms with E-state index in [4.69, 9.17) is 9.72 Å². The van der Waals surface area contributed by atoms with E-state index in [0.29, 0.717) is 76.9 Å². The zero-order chi connectivity index (χ0) is 47.5. The van der Waals surface area contributed by atoms with Gasteiger partial charge in [0.1, 0.15) is 23.9 Å². The van der Waals surface area contributed by atoms with Crippen molar-refractivity contribution in [3.05, 3.63) is 71.5 Å². The predicted octanol–water partition coefficient (Wildman–Crippen LogP) is 5.32. The van der Waals surface area contributed by atoms with E-state index in [0.717, 1.165) is 44.5 Å². The molecule has 0 radical (unpaired) electrons. The molecule has 0 unspecified atom stereocenters. The fourth-order valence-electron chi connectivity index (χ4n) is 11.1. The predicted molar refractivity (Wildman–Crippen MR) is 254 cm³/mol. The molecule has 4 atom stereocenters. The first-order chi connectivity index (χ1) is 32.0. The minimum absolute atomic E-state index is 0.00936. The number of phenols is 1. The summed E-state index contributed by atoms with van der Waals surface area (Å²) in [6, 6.07) is 12.8. The molecule has 1 spiro atoms. The van der Waals surface area contributed by atoms with Crippen LogP contribution in [0, 0.1) is 16.7 Å². The monoisotopic (exact) mass is 915 g/mol. The molecule has 5 aliphatic rings. The summed E-state index contributed by atoms with van der Waals surface area (Å²) >= 11 is 0. The van der Waals surface area contributed by atoms with E-state index >= 15 is 0 Å². The lowest BCUT2D eigenvalue weighted by atomic mass is 9.71. The molecule has 356 valence electrons. The molecule has 0 saturated carbocycles. The lowest BCUT2D eigenvalue weighted by Gasteiger charge is -2.54. The summed E-state index contributed by atoms with van der Waals surface area (Å²) in [4.78, 5) is 79.0. The number of nitrogens with zero attached hydrogens (tertiary/aromatic N) is 5. The Morgan fingerprint density at radius 3 is 2.49 bits per heavy atom. The van der Waals surface area contributed by atoms with Crippen molar-refractivity contribution in [1.29, 1.82) is 0 Å². The zero-order valence-corrected chi connectivity index (χ0v) is 40.0. The fraction of sp³-hybridized carbons (Fsp3) is 0.538. The highest BCUT2D eigenvalue weighted by molar-refractivity contribution is 5.97. The molecule has 15 nitrogen and oxygen atoms in total. The maximum absolute atomic E-state index is 14.8. The molecule has 7 heterocycles. The number of hydrogen-bond acceptors (Lipinski definition) is 10. The number of piperidine rings is 1. The number of aromatic nitrogens is 2. The molecule has 4 saturated heterocycles. The van der Waals surface area contributed by atoms with Crippen LogP contribution in [0.4, 0.5) is 0 Å². The number of esters is 1. The third-order valence-corrected chi connectivity index (χ3v) is 14.5. The highest BCUT2D eigenvalue weighted by Gasteiger charge is 2.57. The van der Waals surface area contributed by atoms with E-state index in [9.17, 15) is 29.1 Å². The van der Waals surface area contributed by atoms with Gasteiger partial charge in [-0.05, 0) is 110 Å². The number of rotatable bonds is 8. The number of phenolic OH excluding ortho intramolecular Hbond substituents is 1. The summed E-state index contributed by atoms with van der Waals surface area (Å²) < 4.78 is 8.47. The molecule has 67 heavy (non-hydrogen) atoms. The summed E-state index contributed by atoms with van der Waals surface area (Å²) in [5.41, 5.74) is 9.43. The van der Waals surface area contributed by atoms with Crippen LogP contribution in [-0.4, -0.2) is 123 Å². The van der Waals surface area contributed by atoms with Gasteiger partial charge in [-0.15, -0.1) is 0 Å². The maximum Gasteiger partial charge on any atom is 0.324 e. The number of hydrogen-bond donors (Lipinski definition) is 4. The largest absolute Gasteiger partial charge is 0.508 e. The molecule has 15 heteroatoms. The van der Waals surface area contributed by atoms with Crippen LogP contribution in [0.3, 0.4) is 0 Å². The number of amides is 4. The average Bonchev–Trinajstić information content (AvgIpc) is 4.10. The van der Waals surface area contributed by atoms with Gasteiger partial charge in [-0.1, -0.05) is 53.7 Å². The van der Waals surface area contributed by atoms with Gasteiger partial charge >= 0.3 is 5.97 Å². The molecule has 9 rings (SSSR count). The number of hydrazine groups is 1. The van der Waals surface area contributed by atoms with Gasteiger partial charge in [-0.25, -0.2) is 5.43 Å². The topological polar surface area (TPSA) is 188 Å². The van der Waals surface area contributed by atoms with Gasteiger partial charge in [-0.2, -0.15) is 0 Å². The highest BCUT2D eigenvalue weighted by Crippen LogP contribution is 2.44. The lowest BCUT2D eigenvalue weighted by Crippen LogP contribution is -2.70. The Bertz CT molecular complexity index is 2610. The number of cyclic esters (lactones) is 1. The third kappa shape index (κ3) is 8.92. The Morgan fingerprint density at radius 1 is 1.00 bits per heavy atom. The van der Waals surface area contributed by atoms with Crippen LogP contribution in [0.5, 0.6) is 5.75 Å². The second kappa shape index (κ2) is 18.0. The van der Waals surface area contributed by atoms with E-state index in [1.54, 1.807) is 21.9 Å². The van der Waals surface area contributed by atoms with Gasteiger partial charge in [0.2, 0.25) is 17.7 Å². The van der Waals surface area contributed by atoms with Crippen LogP contribution in [0.25, 0.3) is 33.3 Å². The summed E-state index contributed by atoms with van der Waals surface area (Å²) in [5.74, 6) is -1.62. The first kappa shape index (κ1) is 46.3. The Morgan fingerprint density at radius 2 is 1.78 bits per heavy atom. The standard InChI is InChI=1S/C52H66N8O7/c1-8-58-42-15-14-33-24-37(42)38(45(58)36-12-9-17-53-43(36)30(2)3)25-51(6,7)29-67-49(65)39-13-10-19-60(56-39)48(64)40(22-32-20-34(33)23-35(61)21-32)55-46(62)44(31(4)5)59-18-11-16-52(50(59)66)27-57(28-52)47(63)41-26-54-41/h9,12,14-15,17,20-21,23-24,30-31,39-41,44,54,56,61H,8,10-11,13,16,18-19,22,25-29H2,1-7H3,(H,55,62)/t39-,40-,41+,44-/m0/s1. The van der Waals surface area contributed by atoms with E-state index in [1.807, 2.05) is 32.2 Å². The number of pyridine rings is 1. The van der Waals surface area contributed by atoms with Crippen LogP contribution in [0.15, 0.2) is 54.7 Å². The van der Waals surface area contributed by atoms with Crippen LogP contribution in [0.2, 0.25) is 0 Å². The van der Waals surface area contributed by atoms with Crippen LogP contribution < -0.4 is 16.1 Å². The van der Waals surface area contributed by atoms with E-state index in [2.05, 4.69) is 79.5 Å². The lowest BCUT2D eigenvalue weighted by molar-refractivity contribution is -0.170. The summed E-state index contributed by atoms with van der Waals surface area (Å²) in [7, 11) is 0. The van der Waals surface area contributed by atoms with Crippen molar-refractivity contribution in [3.8, 4) is 28.1 Å². The number of benzene rings is 2. The van der Waals surface area contributed by atoms with Crippen molar-refractivity contribution in [2.75, 3.05) is 39.3 Å². The molecule has 6 bridgehead atoms. The van der Waals surface area contributed by atoms with Crippen LogP contribution in [-0.2, 0) is 48.1 Å². The zero-order valence-electron chi connectivity index (χ0n) is 40.0. The van der Waals surface area contributed by atoms with E-state index in [1.165, 1.54) is 5.01 Å². The number of aromatic hydroxyl groups is 1. The fourth-order valence-corrected chi connectivity index (χ4v) is 11.1. The minimum Gasteiger partial charge on any atom is -0.508 e. The Labute approximate surface area is 392 Å². The number of fused-ring (bicyclic) bond motifs is 6. The first-order valence-electron chi connectivity index (χ1n) is 24.3. The summed E-state index contributed by atoms with van der Waals surface area (Å²) in [5, 5.41) is 20.0. The second-order valence-corrected chi connectivity index (χ2v) is 21.0. The van der Waals surface area contributed by atoms with Crippen LogP contribution >= 0.6 is 0 Å². The number of carbonyl (C=O) groups excluding carboxylic acids is 5. The number of carbonyl (C=O) groups is 5. The van der Waals surface area contributed by atoms with Crippen molar-refractivity contribution in [1.82, 2.24) is 40.4 Å². The molecular formula is C52H66N8O7. The molecule has 4 amide bonds. The van der Waals surface area contributed by atoms with Gasteiger partial charge in [0.05, 0.1) is 29.5 Å². The summed E-state index contributed by atoms with van der Waals surface area (Å²) in [6.45, 7) is 17.3. The highest BCUT2D eigenvalue weighted by atomic mass is 16.5. The molecule has 2 aromatic carbocycles. The maximum atomic E-state index is 14.8. The molecule has 4 fully saturated rings. The molecule has 4 aromatic rings. The van der Waals surface area contributed by atoms with Gasteiger partial charge < -0.3 is 34.8 Å². The molecule has 4 N–H and O–H groups in total. The molecule has 2 aromatic heterocycles. The Balaban J connectivity index is 1.10. The molecular weight excluding hydrogens is 849 g/mol. The van der Waals surface area contributed by atoms with Crippen molar-refractivity contribution >= 4 is 40.5 Å². The van der Waals surface area contributed by atoms with Gasteiger partial charge in [0, 0.05) is 73.8 Å².